The lowest BCUT2D eigenvalue weighted by Gasteiger charge is -2.22. The zero-order valence-corrected chi connectivity index (χ0v) is 17.2. The Kier molecular flexibility index (Phi) is 10.9. The molecule has 0 unspecified atom stereocenters. The third-order valence-corrected chi connectivity index (χ3v) is 6.49. The zero-order valence-electron chi connectivity index (χ0n) is 14.7. The minimum absolute atomic E-state index is 0.778. The quantitative estimate of drug-likeness (QED) is 0.298. The van der Waals surface area contributed by atoms with Gasteiger partial charge in [-0.2, -0.15) is 30.9 Å². The highest BCUT2D eigenvalue weighted by Gasteiger charge is 2.46. The van der Waals surface area contributed by atoms with Gasteiger partial charge < -0.3 is 4.13 Å². The number of rotatable bonds is 9. The van der Waals surface area contributed by atoms with Crippen LogP contribution in [0.2, 0.25) is 0 Å². The van der Waals surface area contributed by atoms with E-state index in [4.69, 9.17) is 0 Å². The van der Waals surface area contributed by atoms with Gasteiger partial charge in [-0.1, -0.05) is 43.9 Å². The molecule has 15 heteroatoms. The molecule has 6 nitrogen and oxygen atoms in total. The Morgan fingerprint density at radius 1 is 0.857 bits per heavy atom. The van der Waals surface area contributed by atoms with Crippen LogP contribution in [0.4, 0.5) is 26.3 Å². The van der Waals surface area contributed by atoms with Gasteiger partial charge in [0.2, 0.25) is 5.51 Å². The molecule has 1 aromatic heterocycles. The van der Waals surface area contributed by atoms with Crippen LogP contribution in [0, 0.1) is 0 Å². The Morgan fingerprint density at radius 3 is 1.71 bits per heavy atom. The summed E-state index contributed by atoms with van der Waals surface area (Å²) in [5, 5.41) is 2.14. The molecule has 0 N–H and O–H groups in total. The fraction of sp³-hybridized carbons (Fsp3) is 0.769. The summed E-state index contributed by atoms with van der Waals surface area (Å²) in [7, 11) is -13.4. The molecule has 0 bridgehead atoms. The van der Waals surface area contributed by atoms with E-state index < -0.39 is 31.1 Å². The molecule has 1 aromatic rings. The zero-order chi connectivity index (χ0) is 22.1. The summed E-state index contributed by atoms with van der Waals surface area (Å²) in [4.78, 5) is 0. The average molecular weight is 479 g/mol. The molecule has 0 fully saturated rings. The third-order valence-electron chi connectivity index (χ3n) is 3.08. The molecule has 0 atom stereocenters. The van der Waals surface area contributed by atoms with Crippen LogP contribution in [0.25, 0.3) is 4.13 Å². The van der Waals surface area contributed by atoms with Crippen molar-refractivity contribution in [3.63, 3.8) is 0 Å². The van der Waals surface area contributed by atoms with E-state index in [0.717, 1.165) is 4.13 Å². The van der Waals surface area contributed by atoms with E-state index in [2.05, 4.69) is 28.6 Å². The Labute approximate surface area is 163 Å². The fourth-order valence-electron chi connectivity index (χ4n) is 1.68. The van der Waals surface area contributed by atoms with Crippen LogP contribution in [0.3, 0.4) is 0 Å². The number of sulfonamides is 2. The largest absolute Gasteiger partial charge is 0.480 e. The van der Waals surface area contributed by atoms with Crippen LogP contribution < -0.4 is 4.57 Å². The number of halogens is 6. The summed E-state index contributed by atoms with van der Waals surface area (Å²) in [6.45, 7) is 3.47. The minimum Gasteiger partial charge on any atom is -0.421 e. The molecule has 0 aromatic carbocycles. The summed E-state index contributed by atoms with van der Waals surface area (Å²) >= 11 is 1.77. The van der Waals surface area contributed by atoms with E-state index in [0.29, 0.717) is 0 Å². The maximum Gasteiger partial charge on any atom is 0.480 e. The van der Waals surface area contributed by atoms with Crippen LogP contribution in [0.5, 0.6) is 0 Å². The minimum atomic E-state index is -6.72. The van der Waals surface area contributed by atoms with Crippen molar-refractivity contribution < 1.29 is 47.7 Å². The van der Waals surface area contributed by atoms with Crippen molar-refractivity contribution in [1.82, 2.24) is 0 Å². The van der Waals surface area contributed by atoms with Crippen LogP contribution in [0.1, 0.15) is 45.4 Å². The summed E-state index contributed by atoms with van der Waals surface area (Å²) in [6, 6.07) is 0. The Hall–Kier alpha value is -0.930. The number of alkyl halides is 6. The Morgan fingerprint density at radius 2 is 1.32 bits per heavy atom. The highest BCUT2D eigenvalue weighted by atomic mass is 32.3. The average Bonchev–Trinajstić information content (AvgIpc) is 3.01. The Balaban J connectivity index is 0.000000525. The second-order valence-electron chi connectivity index (χ2n) is 5.45. The number of unbranched alkanes of at least 4 members (excludes halogenated alkanes) is 5. The topological polar surface area (TPSA) is 86.3 Å². The monoisotopic (exact) mass is 478 g/mol. The van der Waals surface area contributed by atoms with Crippen LogP contribution >= 0.6 is 11.3 Å². The highest BCUT2D eigenvalue weighted by Crippen LogP contribution is 2.36. The van der Waals surface area contributed by atoms with Crippen LogP contribution in [-0.2, 0) is 26.6 Å². The number of thiazole rings is 1. The maximum absolute atomic E-state index is 11.4. The third kappa shape index (κ3) is 10.0. The van der Waals surface area contributed by atoms with Gasteiger partial charge in [-0.25, -0.2) is 16.8 Å². The molecule has 0 aliphatic rings. The second-order valence-corrected chi connectivity index (χ2v) is 9.63. The maximum atomic E-state index is 11.4. The molecule has 0 spiro atoms. The van der Waals surface area contributed by atoms with Crippen LogP contribution in [-0.4, -0.2) is 27.9 Å². The Bertz CT molecular complexity index is 717. The molecular formula is C13H20F6N2O4S3. The van der Waals surface area contributed by atoms with Crippen molar-refractivity contribution in [3.8, 4) is 0 Å². The summed E-state index contributed by atoms with van der Waals surface area (Å²) < 4.78 is 111. The van der Waals surface area contributed by atoms with Gasteiger partial charge in [0, 0.05) is 6.42 Å². The number of hydrogen-bond donors (Lipinski definition) is 0. The molecule has 0 amide bonds. The summed E-state index contributed by atoms with van der Waals surface area (Å²) in [5.74, 6) is 0. The summed E-state index contributed by atoms with van der Waals surface area (Å²) in [6.07, 6.45) is 10.5. The molecular weight excluding hydrogens is 458 g/mol. The van der Waals surface area contributed by atoms with E-state index in [1.54, 1.807) is 11.3 Å². The van der Waals surface area contributed by atoms with E-state index >= 15 is 0 Å². The standard InChI is InChI=1S/C11H20NS.C2F6NO4S2/c1-2-3-4-5-6-7-8-12-9-10-13-11-12;3-1(4,5)14(10,11)9-15(12,13)2(6,7)8/h9-11H,2-8H2,1H3;/q+1;-1. The predicted octanol–water partition coefficient (Wildman–Crippen LogP) is 4.46. The van der Waals surface area contributed by atoms with Gasteiger partial charge >= 0.3 is 11.0 Å². The SMILES string of the molecule is CCCCCCCC[n+]1ccsc1.O=S(=O)([N-]S(=O)(=O)C(F)(F)F)C(F)(F)F. The first-order chi connectivity index (χ1) is 12.6. The van der Waals surface area contributed by atoms with E-state index in [-0.39, 0.29) is 0 Å². The lowest BCUT2D eigenvalue weighted by atomic mass is 10.1. The van der Waals surface area contributed by atoms with Crippen molar-refractivity contribution in [2.45, 2.75) is 63.0 Å². The second kappa shape index (κ2) is 11.3. The smallest absolute Gasteiger partial charge is 0.421 e. The van der Waals surface area contributed by atoms with Gasteiger partial charge in [0.05, 0.1) is 5.38 Å². The predicted molar refractivity (Wildman–Crippen MR) is 91.2 cm³/mol. The first-order valence-electron chi connectivity index (χ1n) is 7.92. The van der Waals surface area contributed by atoms with Gasteiger partial charge in [0.25, 0.3) is 0 Å². The van der Waals surface area contributed by atoms with Gasteiger partial charge in [-0.3, -0.25) is 0 Å². The van der Waals surface area contributed by atoms with Crippen molar-refractivity contribution in [1.29, 1.82) is 0 Å². The highest BCUT2D eigenvalue weighted by molar-refractivity contribution is 8.13. The molecule has 166 valence electrons. The van der Waals surface area contributed by atoms with Crippen molar-refractivity contribution in [2.75, 3.05) is 0 Å². The van der Waals surface area contributed by atoms with Gasteiger partial charge in [-0.15, -0.1) is 0 Å². The molecule has 1 rings (SSSR count). The summed E-state index contributed by atoms with van der Waals surface area (Å²) in [5.41, 5.74) is -10.2. The van der Waals surface area contributed by atoms with E-state index in [1.807, 2.05) is 0 Å². The van der Waals surface area contributed by atoms with Gasteiger partial charge in [0.15, 0.2) is 26.2 Å². The van der Waals surface area contributed by atoms with E-state index in [9.17, 15) is 43.2 Å². The van der Waals surface area contributed by atoms with Gasteiger partial charge in [0.1, 0.15) is 6.54 Å². The van der Waals surface area contributed by atoms with Crippen molar-refractivity contribution >= 4 is 31.4 Å². The molecule has 0 saturated carbocycles. The lowest BCUT2D eigenvalue weighted by molar-refractivity contribution is -0.692. The normalized spacial score (nSPS) is 13.1. The molecule has 0 saturated heterocycles. The number of aromatic nitrogens is 1. The van der Waals surface area contributed by atoms with Crippen molar-refractivity contribution in [3.05, 3.63) is 21.2 Å². The fourth-order valence-corrected chi connectivity index (χ4v) is 4.02. The van der Waals surface area contributed by atoms with Crippen LogP contribution in [0.15, 0.2) is 17.1 Å². The molecule has 1 heterocycles. The molecule has 28 heavy (non-hydrogen) atoms. The number of aryl methyl sites for hydroxylation is 1. The lowest BCUT2D eigenvalue weighted by Crippen LogP contribution is -2.30. The number of hydrogen-bond acceptors (Lipinski definition) is 5. The van der Waals surface area contributed by atoms with Crippen molar-refractivity contribution in [2.24, 2.45) is 0 Å². The number of nitrogens with zero attached hydrogens (tertiary/aromatic N) is 2. The molecule has 0 aliphatic carbocycles. The first-order valence-corrected chi connectivity index (χ1v) is 11.7. The van der Waals surface area contributed by atoms with E-state index in [1.165, 1.54) is 45.1 Å². The molecule has 0 aliphatic heterocycles. The van der Waals surface area contributed by atoms with Gasteiger partial charge in [-0.05, 0) is 6.42 Å². The first kappa shape index (κ1) is 27.1. The molecule has 0 radical (unpaired) electrons.